The van der Waals surface area contributed by atoms with E-state index in [-0.39, 0.29) is 12.0 Å². The summed E-state index contributed by atoms with van der Waals surface area (Å²) in [5.41, 5.74) is 0. The van der Waals surface area contributed by atoms with Gasteiger partial charge in [0.15, 0.2) is 6.04 Å². The summed E-state index contributed by atoms with van der Waals surface area (Å²) in [6.45, 7) is 6.59. The van der Waals surface area contributed by atoms with Gasteiger partial charge in [0.1, 0.15) is 0 Å². The first kappa shape index (κ1) is 11.5. The summed E-state index contributed by atoms with van der Waals surface area (Å²) in [6.07, 6.45) is 5.14. The zero-order valence-electron chi connectivity index (χ0n) is 9.34. The fraction of sp³-hybridized carbons (Fsp3) is 0.909. The van der Waals surface area contributed by atoms with Crippen LogP contribution in [0.1, 0.15) is 39.5 Å². The molecule has 1 atom stereocenters. The number of ether oxygens (including phenoxy) is 1. The topological polar surface area (TPSA) is 30.7 Å². The van der Waals surface area contributed by atoms with Crippen LogP contribution in [-0.2, 0) is 9.53 Å². The minimum Gasteiger partial charge on any atom is -0.462 e. The first-order valence-electron chi connectivity index (χ1n) is 5.77. The Morgan fingerprint density at radius 2 is 1.86 bits per heavy atom. The van der Waals surface area contributed by atoms with E-state index in [2.05, 4.69) is 0 Å². The maximum absolute atomic E-state index is 11.5. The molecular weight excluding hydrogens is 178 g/mol. The maximum atomic E-state index is 11.5. The van der Waals surface area contributed by atoms with E-state index in [0.717, 1.165) is 13.1 Å². The lowest BCUT2D eigenvalue weighted by Crippen LogP contribution is -3.16. The van der Waals surface area contributed by atoms with E-state index in [1.54, 1.807) is 0 Å². The lowest BCUT2D eigenvalue weighted by Gasteiger charge is -2.22. The van der Waals surface area contributed by atoms with Crippen molar-refractivity contribution in [2.75, 3.05) is 19.7 Å². The molecule has 82 valence electrons. The van der Waals surface area contributed by atoms with Crippen LogP contribution in [0.15, 0.2) is 0 Å². The zero-order chi connectivity index (χ0) is 10.4. The third-order valence-electron chi connectivity index (χ3n) is 3.00. The molecule has 0 saturated carbocycles. The lowest BCUT2D eigenvalue weighted by molar-refractivity contribution is -0.914. The van der Waals surface area contributed by atoms with Gasteiger partial charge in [-0.25, -0.2) is 4.79 Å². The second-order valence-corrected chi connectivity index (χ2v) is 4.05. The van der Waals surface area contributed by atoms with Gasteiger partial charge in [-0.15, -0.1) is 0 Å². The Morgan fingerprint density at radius 3 is 2.36 bits per heavy atom. The largest absolute Gasteiger partial charge is 0.462 e. The van der Waals surface area contributed by atoms with Crippen molar-refractivity contribution in [2.24, 2.45) is 0 Å². The van der Waals surface area contributed by atoms with Crippen LogP contribution in [0.4, 0.5) is 0 Å². The van der Waals surface area contributed by atoms with E-state index >= 15 is 0 Å². The first-order valence-corrected chi connectivity index (χ1v) is 5.77. The van der Waals surface area contributed by atoms with Crippen LogP contribution < -0.4 is 4.90 Å². The number of quaternary nitrogens is 1. The van der Waals surface area contributed by atoms with Crippen molar-refractivity contribution >= 4 is 5.97 Å². The Morgan fingerprint density at radius 1 is 1.29 bits per heavy atom. The third kappa shape index (κ3) is 3.29. The fourth-order valence-electron chi connectivity index (χ4n) is 2.05. The fourth-order valence-corrected chi connectivity index (χ4v) is 2.05. The predicted octanol–water partition coefficient (Wildman–Crippen LogP) is 0.397. The molecule has 0 spiro atoms. The highest BCUT2D eigenvalue weighted by Crippen LogP contribution is 2.00. The maximum Gasteiger partial charge on any atom is 0.364 e. The molecule has 3 nitrogen and oxygen atoms in total. The summed E-state index contributed by atoms with van der Waals surface area (Å²) in [4.78, 5) is 12.9. The van der Waals surface area contributed by atoms with Gasteiger partial charge in [0.2, 0.25) is 0 Å². The van der Waals surface area contributed by atoms with E-state index in [1.807, 2.05) is 13.8 Å². The molecule has 0 amide bonds. The average molecular weight is 200 g/mol. The molecule has 1 N–H and O–H groups in total. The number of carbonyl (C=O) groups is 1. The summed E-state index contributed by atoms with van der Waals surface area (Å²) in [7, 11) is 0. The third-order valence-corrected chi connectivity index (χ3v) is 3.00. The van der Waals surface area contributed by atoms with Gasteiger partial charge >= 0.3 is 5.97 Å². The highest BCUT2D eigenvalue weighted by Gasteiger charge is 2.26. The second kappa shape index (κ2) is 6.02. The molecule has 3 heteroatoms. The molecule has 0 radical (unpaired) electrons. The Labute approximate surface area is 86.4 Å². The molecule has 1 fully saturated rings. The van der Waals surface area contributed by atoms with Crippen molar-refractivity contribution in [1.29, 1.82) is 0 Å². The van der Waals surface area contributed by atoms with Gasteiger partial charge in [-0.1, -0.05) is 0 Å². The van der Waals surface area contributed by atoms with Crippen molar-refractivity contribution in [3.8, 4) is 0 Å². The van der Waals surface area contributed by atoms with Gasteiger partial charge in [0, 0.05) is 0 Å². The first-order chi connectivity index (χ1) is 6.75. The van der Waals surface area contributed by atoms with E-state index in [1.165, 1.54) is 30.6 Å². The molecule has 14 heavy (non-hydrogen) atoms. The van der Waals surface area contributed by atoms with Crippen LogP contribution in [0, 0.1) is 0 Å². The van der Waals surface area contributed by atoms with Crippen LogP contribution >= 0.6 is 0 Å². The summed E-state index contributed by atoms with van der Waals surface area (Å²) in [5.74, 6) is -0.0376. The number of carbonyl (C=O) groups excluding carboxylic acids is 1. The smallest absolute Gasteiger partial charge is 0.364 e. The summed E-state index contributed by atoms with van der Waals surface area (Å²) < 4.78 is 5.04. The van der Waals surface area contributed by atoms with Gasteiger partial charge in [0.05, 0.1) is 19.7 Å². The molecule has 1 aliphatic rings. The monoisotopic (exact) mass is 200 g/mol. The molecule has 0 aliphatic carbocycles. The number of rotatable bonds is 3. The van der Waals surface area contributed by atoms with Crippen LogP contribution in [0.3, 0.4) is 0 Å². The van der Waals surface area contributed by atoms with Crippen LogP contribution in [0.2, 0.25) is 0 Å². The minimum absolute atomic E-state index is 0.0213. The number of esters is 1. The van der Waals surface area contributed by atoms with E-state index in [9.17, 15) is 4.79 Å². The van der Waals surface area contributed by atoms with Gasteiger partial charge in [-0.05, 0) is 39.5 Å². The summed E-state index contributed by atoms with van der Waals surface area (Å²) >= 11 is 0. The Hall–Kier alpha value is -0.570. The molecule has 0 bridgehead atoms. The zero-order valence-corrected chi connectivity index (χ0v) is 9.34. The van der Waals surface area contributed by atoms with Crippen molar-refractivity contribution in [1.82, 2.24) is 0 Å². The molecule has 0 aromatic carbocycles. The van der Waals surface area contributed by atoms with Crippen LogP contribution in [0.5, 0.6) is 0 Å². The van der Waals surface area contributed by atoms with E-state index in [0.29, 0.717) is 6.61 Å². The average Bonchev–Trinajstić information content (AvgIpc) is 2.45. The molecule has 0 aromatic heterocycles. The number of hydrogen-bond acceptors (Lipinski definition) is 2. The number of nitrogens with one attached hydrogen (secondary N) is 1. The van der Waals surface area contributed by atoms with Crippen LogP contribution in [-0.4, -0.2) is 31.7 Å². The van der Waals surface area contributed by atoms with Crippen molar-refractivity contribution in [3.05, 3.63) is 0 Å². The number of hydrogen-bond donors (Lipinski definition) is 1. The van der Waals surface area contributed by atoms with Gasteiger partial charge in [0.25, 0.3) is 0 Å². The van der Waals surface area contributed by atoms with Gasteiger partial charge in [-0.3, -0.25) is 0 Å². The SMILES string of the molecule is CCOC(=O)[C@H](C)[NH+]1CCCCCC1. The van der Waals surface area contributed by atoms with Gasteiger partial charge in [-0.2, -0.15) is 0 Å². The van der Waals surface area contributed by atoms with E-state index < -0.39 is 0 Å². The molecule has 0 aromatic rings. The Balaban J connectivity index is 2.40. The van der Waals surface area contributed by atoms with Crippen LogP contribution in [0.25, 0.3) is 0 Å². The van der Waals surface area contributed by atoms with Crippen molar-refractivity contribution < 1.29 is 14.4 Å². The van der Waals surface area contributed by atoms with E-state index in [4.69, 9.17) is 4.74 Å². The minimum atomic E-state index is -0.0376. The number of likely N-dealkylation sites (tertiary alicyclic amines) is 1. The molecule has 1 saturated heterocycles. The molecule has 0 unspecified atom stereocenters. The molecule has 1 heterocycles. The van der Waals surface area contributed by atoms with Crippen molar-refractivity contribution in [2.45, 2.75) is 45.6 Å². The van der Waals surface area contributed by atoms with Gasteiger partial charge < -0.3 is 9.64 Å². The lowest BCUT2D eigenvalue weighted by atomic mass is 10.2. The highest BCUT2D eigenvalue weighted by molar-refractivity contribution is 5.73. The normalized spacial score (nSPS) is 21.3. The predicted molar refractivity (Wildman–Crippen MR) is 55.3 cm³/mol. The quantitative estimate of drug-likeness (QED) is 0.668. The second-order valence-electron chi connectivity index (χ2n) is 4.05. The molecule has 1 rings (SSSR count). The Bertz CT molecular complexity index is 174. The highest BCUT2D eigenvalue weighted by atomic mass is 16.5. The summed E-state index contributed by atoms with van der Waals surface area (Å²) in [5, 5.41) is 0. The standard InChI is InChI=1S/C11H21NO2/c1-3-14-11(13)10(2)12-8-6-4-5-7-9-12/h10H,3-9H2,1-2H3/p+1/t10-/m0/s1. The summed E-state index contributed by atoms with van der Waals surface area (Å²) in [6, 6.07) is 0.0213. The molecular formula is C11H22NO2+. The van der Waals surface area contributed by atoms with Crippen molar-refractivity contribution in [3.63, 3.8) is 0 Å². The molecule has 1 aliphatic heterocycles. The Kier molecular flexibility index (Phi) is 4.94.